The van der Waals surface area contributed by atoms with Crippen molar-refractivity contribution in [1.82, 2.24) is 0 Å². The van der Waals surface area contributed by atoms with Crippen LogP contribution >= 0.6 is 0 Å². The second-order valence-corrected chi connectivity index (χ2v) is 4.91. The van der Waals surface area contributed by atoms with Crippen molar-refractivity contribution in [1.29, 1.82) is 0 Å². The number of benzene rings is 2. The van der Waals surface area contributed by atoms with Crippen molar-refractivity contribution in [2.24, 2.45) is 0 Å². The number of rotatable bonds is 6. The first-order chi connectivity index (χ1) is 11.6. The number of carbonyl (C=O) groups is 2. The molecule has 2 aromatic rings. The van der Waals surface area contributed by atoms with E-state index in [1.807, 2.05) is 37.3 Å². The first-order valence-electron chi connectivity index (χ1n) is 7.54. The zero-order valence-electron chi connectivity index (χ0n) is 13.4. The summed E-state index contributed by atoms with van der Waals surface area (Å²) in [5.74, 6) is -0.174. The van der Waals surface area contributed by atoms with Gasteiger partial charge in [-0.05, 0) is 41.8 Å². The van der Waals surface area contributed by atoms with E-state index in [2.05, 4.69) is 6.58 Å². The monoisotopic (exact) mass is 322 g/mol. The summed E-state index contributed by atoms with van der Waals surface area (Å²) in [4.78, 5) is 23.2. The molecule has 0 aromatic heterocycles. The van der Waals surface area contributed by atoms with Gasteiger partial charge in [0.05, 0.1) is 0 Å². The maximum Gasteiger partial charge on any atom is 0.336 e. The van der Waals surface area contributed by atoms with Gasteiger partial charge in [-0.25, -0.2) is 9.59 Å². The maximum atomic E-state index is 11.9. The molecule has 0 heterocycles. The van der Waals surface area contributed by atoms with E-state index in [9.17, 15) is 9.59 Å². The van der Waals surface area contributed by atoms with Crippen LogP contribution in [-0.2, 0) is 16.0 Å². The lowest BCUT2D eigenvalue weighted by Gasteiger charge is -2.09. The van der Waals surface area contributed by atoms with Crippen LogP contribution in [0.3, 0.4) is 0 Å². The van der Waals surface area contributed by atoms with Gasteiger partial charge >= 0.3 is 11.9 Å². The van der Waals surface area contributed by atoms with Gasteiger partial charge in [-0.15, -0.1) is 0 Å². The molecule has 0 fully saturated rings. The van der Waals surface area contributed by atoms with Crippen molar-refractivity contribution in [3.63, 3.8) is 0 Å². The molecule has 0 atom stereocenters. The van der Waals surface area contributed by atoms with E-state index in [0.717, 1.165) is 17.2 Å². The van der Waals surface area contributed by atoms with Gasteiger partial charge in [-0.2, -0.15) is 0 Å². The highest BCUT2D eigenvalue weighted by Gasteiger charge is 2.09. The zero-order chi connectivity index (χ0) is 17.4. The van der Waals surface area contributed by atoms with Crippen molar-refractivity contribution >= 4 is 18.0 Å². The van der Waals surface area contributed by atoms with Crippen LogP contribution in [0.2, 0.25) is 0 Å². The minimum atomic E-state index is -0.528. The quantitative estimate of drug-likeness (QED) is 0.459. The Morgan fingerprint density at radius 2 is 1.79 bits per heavy atom. The van der Waals surface area contributed by atoms with Crippen molar-refractivity contribution in [2.45, 2.75) is 13.3 Å². The van der Waals surface area contributed by atoms with Crippen LogP contribution in [0.5, 0.6) is 11.5 Å². The molecule has 4 nitrogen and oxygen atoms in total. The minimum Gasteiger partial charge on any atom is -0.423 e. The fourth-order valence-corrected chi connectivity index (χ4v) is 2.02. The molecular formula is C20H18O4. The number of hydrogen-bond donors (Lipinski definition) is 0. The van der Waals surface area contributed by atoms with Crippen molar-refractivity contribution in [3.05, 3.63) is 78.4 Å². The highest BCUT2D eigenvalue weighted by Crippen LogP contribution is 2.25. The third-order valence-corrected chi connectivity index (χ3v) is 3.22. The molecule has 122 valence electrons. The average Bonchev–Trinajstić information content (AvgIpc) is 2.62. The number of ether oxygens (including phenoxy) is 2. The molecule has 0 bridgehead atoms. The minimum absolute atomic E-state index is 0.396. The summed E-state index contributed by atoms with van der Waals surface area (Å²) in [6.45, 7) is 5.28. The molecule has 24 heavy (non-hydrogen) atoms. The van der Waals surface area contributed by atoms with Crippen molar-refractivity contribution in [2.75, 3.05) is 0 Å². The molecule has 0 amide bonds. The standard InChI is InChI=1S/C20H18O4/c1-3-16-14-17(11-12-18(16)24-19(21)4-2)23-20(22)13-10-15-8-6-5-7-9-15/h4-14H,2-3H2,1H3/b13-10+. The predicted molar refractivity (Wildman–Crippen MR) is 92.8 cm³/mol. The molecule has 0 aliphatic rings. The summed E-state index contributed by atoms with van der Waals surface area (Å²) in [5.41, 5.74) is 1.68. The van der Waals surface area contributed by atoms with Crippen LogP contribution in [0.4, 0.5) is 0 Å². The van der Waals surface area contributed by atoms with Crippen LogP contribution in [0.15, 0.2) is 67.3 Å². The van der Waals surface area contributed by atoms with Gasteiger partial charge in [0.25, 0.3) is 0 Å². The Morgan fingerprint density at radius 3 is 2.46 bits per heavy atom. The summed E-state index contributed by atoms with van der Waals surface area (Å²) in [5, 5.41) is 0. The van der Waals surface area contributed by atoms with Crippen molar-refractivity contribution < 1.29 is 19.1 Å². The Hall–Kier alpha value is -3.14. The summed E-state index contributed by atoms with van der Waals surface area (Å²) in [6, 6.07) is 14.3. The lowest BCUT2D eigenvalue weighted by Crippen LogP contribution is -2.07. The topological polar surface area (TPSA) is 52.6 Å². The fourth-order valence-electron chi connectivity index (χ4n) is 2.02. The molecule has 2 aromatic carbocycles. The summed E-state index contributed by atoms with van der Waals surface area (Å²) in [7, 11) is 0. The molecule has 0 saturated heterocycles. The van der Waals surface area contributed by atoms with Crippen molar-refractivity contribution in [3.8, 4) is 11.5 Å². The second kappa shape index (κ2) is 8.48. The van der Waals surface area contributed by atoms with Gasteiger partial charge in [-0.3, -0.25) is 0 Å². The molecule has 0 spiro atoms. The molecule has 2 rings (SSSR count). The van der Waals surface area contributed by atoms with Crippen LogP contribution in [-0.4, -0.2) is 11.9 Å². The second-order valence-electron chi connectivity index (χ2n) is 4.91. The van der Waals surface area contributed by atoms with E-state index in [-0.39, 0.29) is 0 Å². The van der Waals surface area contributed by atoms with Crippen LogP contribution in [0, 0.1) is 0 Å². The van der Waals surface area contributed by atoms with Gasteiger partial charge in [0.1, 0.15) is 11.5 Å². The van der Waals surface area contributed by atoms with Crippen LogP contribution < -0.4 is 9.47 Å². The molecular weight excluding hydrogens is 304 g/mol. The summed E-state index contributed by atoms with van der Waals surface area (Å²) >= 11 is 0. The Balaban J connectivity index is 2.06. The SMILES string of the molecule is C=CC(=O)Oc1ccc(OC(=O)/C=C/c2ccccc2)cc1CC. The highest BCUT2D eigenvalue weighted by atomic mass is 16.5. The predicted octanol–water partition coefficient (Wildman–Crippen LogP) is 3.96. The van der Waals surface area contributed by atoms with Crippen LogP contribution in [0.25, 0.3) is 6.08 Å². The first kappa shape index (κ1) is 17.2. The first-order valence-corrected chi connectivity index (χ1v) is 7.54. The van der Waals surface area contributed by atoms with Gasteiger partial charge in [-0.1, -0.05) is 43.8 Å². The number of carbonyl (C=O) groups excluding carboxylic acids is 2. The number of aryl methyl sites for hydroxylation is 1. The average molecular weight is 322 g/mol. The highest BCUT2D eigenvalue weighted by molar-refractivity contribution is 5.88. The molecule has 0 unspecified atom stereocenters. The van der Waals surface area contributed by atoms with Gasteiger partial charge in [0, 0.05) is 12.2 Å². The Labute approximate surface area is 141 Å². The van der Waals surface area contributed by atoms with E-state index in [0.29, 0.717) is 17.9 Å². The number of esters is 2. The molecule has 4 heteroatoms. The van der Waals surface area contributed by atoms with E-state index < -0.39 is 11.9 Å². The molecule has 0 aliphatic carbocycles. The molecule has 0 aliphatic heterocycles. The molecule has 0 radical (unpaired) electrons. The van der Waals surface area contributed by atoms with Gasteiger partial charge < -0.3 is 9.47 Å². The lowest BCUT2D eigenvalue weighted by atomic mass is 10.1. The Morgan fingerprint density at radius 1 is 1.04 bits per heavy atom. The molecule has 0 saturated carbocycles. The van der Waals surface area contributed by atoms with E-state index in [4.69, 9.17) is 9.47 Å². The smallest absolute Gasteiger partial charge is 0.336 e. The van der Waals surface area contributed by atoms with E-state index in [1.54, 1.807) is 24.3 Å². The van der Waals surface area contributed by atoms with E-state index in [1.165, 1.54) is 6.08 Å². The van der Waals surface area contributed by atoms with Gasteiger partial charge in [0.2, 0.25) is 0 Å². The lowest BCUT2D eigenvalue weighted by molar-refractivity contribution is -0.130. The van der Waals surface area contributed by atoms with Gasteiger partial charge in [0.15, 0.2) is 0 Å². The third kappa shape index (κ3) is 4.95. The maximum absolute atomic E-state index is 11.9. The van der Waals surface area contributed by atoms with E-state index >= 15 is 0 Å². The van der Waals surface area contributed by atoms with Crippen LogP contribution in [0.1, 0.15) is 18.1 Å². The zero-order valence-corrected chi connectivity index (χ0v) is 13.4. The summed E-state index contributed by atoms with van der Waals surface area (Å²) in [6.07, 6.45) is 4.78. The molecule has 0 N–H and O–H groups in total. The fraction of sp³-hybridized carbons (Fsp3) is 0.100. The largest absolute Gasteiger partial charge is 0.423 e. The Bertz CT molecular complexity index is 760. The Kier molecular flexibility index (Phi) is 6.08. The normalized spacial score (nSPS) is 10.4. The third-order valence-electron chi connectivity index (χ3n) is 3.22. The summed E-state index contributed by atoms with van der Waals surface area (Å²) < 4.78 is 10.4. The number of hydrogen-bond acceptors (Lipinski definition) is 4.